The fourth-order valence-corrected chi connectivity index (χ4v) is 4.83. The van der Waals surface area contributed by atoms with Crippen molar-refractivity contribution in [2.75, 3.05) is 31.3 Å². The quantitative estimate of drug-likeness (QED) is 0.617. The average Bonchev–Trinajstić information content (AvgIpc) is 3.16. The van der Waals surface area contributed by atoms with Gasteiger partial charge in [-0.25, -0.2) is 13.2 Å². The van der Waals surface area contributed by atoms with Crippen LogP contribution in [0.3, 0.4) is 0 Å². The van der Waals surface area contributed by atoms with Crippen LogP contribution < -0.4 is 21.9 Å². The molecule has 154 valence electrons. The van der Waals surface area contributed by atoms with Gasteiger partial charge in [0.15, 0.2) is 5.69 Å². The first-order valence-corrected chi connectivity index (χ1v) is 10.8. The van der Waals surface area contributed by atoms with Gasteiger partial charge in [-0.15, -0.1) is 11.3 Å². The number of thiophene rings is 1. The van der Waals surface area contributed by atoms with Crippen molar-refractivity contribution in [1.29, 1.82) is 0 Å². The molecular formula is C16H23N5O5S2. The van der Waals surface area contributed by atoms with E-state index in [2.05, 4.69) is 4.98 Å². The second kappa shape index (κ2) is 8.71. The van der Waals surface area contributed by atoms with E-state index in [0.29, 0.717) is 13.0 Å². The summed E-state index contributed by atoms with van der Waals surface area (Å²) in [5.74, 6) is -0.803. The van der Waals surface area contributed by atoms with Crippen LogP contribution in [0.5, 0.6) is 0 Å². The molecule has 3 N–H and O–H groups in total. The normalized spacial score (nSPS) is 11.7. The second-order valence-electron chi connectivity index (χ2n) is 6.14. The van der Waals surface area contributed by atoms with Crippen LogP contribution in [0, 0.1) is 0 Å². The van der Waals surface area contributed by atoms with Crippen LogP contribution in [0.2, 0.25) is 0 Å². The molecule has 0 saturated carbocycles. The fraction of sp³-hybridized carbons (Fsp3) is 0.438. The maximum absolute atomic E-state index is 12.6. The number of likely N-dealkylation sites (N-methyl/N-ethyl adjacent to an activating group) is 2. The number of H-pyrrole nitrogens is 1. The lowest BCUT2D eigenvalue weighted by atomic mass is 10.3. The van der Waals surface area contributed by atoms with Crippen molar-refractivity contribution >= 4 is 38.8 Å². The van der Waals surface area contributed by atoms with Crippen LogP contribution in [0.1, 0.15) is 19.8 Å². The molecule has 12 heteroatoms. The SMILES string of the molecule is CCCCn1c(N)c(N(C)C(=O)CN(C)S(=O)(=O)c2cccs2)c(=O)[nH]c1=O. The van der Waals surface area contributed by atoms with E-state index in [1.807, 2.05) is 6.92 Å². The van der Waals surface area contributed by atoms with Gasteiger partial charge in [-0.3, -0.25) is 19.1 Å². The molecule has 0 aromatic carbocycles. The number of nitrogens with two attached hydrogens (primary N) is 1. The standard InChI is InChI=1S/C16H23N5O5S2/c1-4-5-8-21-14(17)13(15(23)18-16(21)24)20(3)11(22)10-19(2)28(25,26)12-7-6-9-27-12/h6-7,9H,4-5,8,10,17H2,1-3H3,(H,18,23,24). The van der Waals surface area contributed by atoms with Gasteiger partial charge in [0.1, 0.15) is 10.0 Å². The van der Waals surface area contributed by atoms with Gasteiger partial charge in [-0.1, -0.05) is 19.4 Å². The molecule has 28 heavy (non-hydrogen) atoms. The smallest absolute Gasteiger partial charge is 0.330 e. The van der Waals surface area contributed by atoms with Gasteiger partial charge < -0.3 is 10.6 Å². The van der Waals surface area contributed by atoms with Gasteiger partial charge in [0.05, 0.1) is 6.54 Å². The molecule has 0 aliphatic rings. The average molecular weight is 430 g/mol. The number of nitrogens with zero attached hydrogens (tertiary/aromatic N) is 3. The summed E-state index contributed by atoms with van der Waals surface area (Å²) in [6.07, 6.45) is 1.47. The maximum atomic E-state index is 12.6. The zero-order chi connectivity index (χ0) is 21.1. The van der Waals surface area contributed by atoms with Crippen molar-refractivity contribution in [2.24, 2.45) is 0 Å². The topological polar surface area (TPSA) is 139 Å². The minimum absolute atomic E-state index is 0.107. The van der Waals surface area contributed by atoms with Crippen LogP contribution in [0.25, 0.3) is 0 Å². The highest BCUT2D eigenvalue weighted by Crippen LogP contribution is 2.21. The molecule has 0 atom stereocenters. The van der Waals surface area contributed by atoms with Gasteiger partial charge in [0.25, 0.3) is 15.6 Å². The van der Waals surface area contributed by atoms with Gasteiger partial charge >= 0.3 is 5.69 Å². The lowest BCUT2D eigenvalue weighted by Crippen LogP contribution is -2.43. The number of aromatic nitrogens is 2. The Bertz CT molecular complexity index is 1060. The highest BCUT2D eigenvalue weighted by molar-refractivity contribution is 7.91. The third-order valence-electron chi connectivity index (χ3n) is 4.18. The zero-order valence-electron chi connectivity index (χ0n) is 15.8. The summed E-state index contributed by atoms with van der Waals surface area (Å²) in [6, 6.07) is 3.04. The minimum Gasteiger partial charge on any atom is -0.383 e. The van der Waals surface area contributed by atoms with E-state index in [1.54, 1.807) is 11.4 Å². The third-order valence-corrected chi connectivity index (χ3v) is 7.35. The Morgan fingerprint density at radius 3 is 2.57 bits per heavy atom. The molecule has 0 aliphatic heterocycles. The largest absolute Gasteiger partial charge is 0.383 e. The number of carbonyl (C=O) groups excluding carboxylic acids is 1. The first kappa shape index (κ1) is 21.9. The van der Waals surface area contributed by atoms with Crippen molar-refractivity contribution < 1.29 is 13.2 Å². The van der Waals surface area contributed by atoms with E-state index in [-0.39, 0.29) is 15.7 Å². The van der Waals surface area contributed by atoms with Crippen molar-refractivity contribution in [1.82, 2.24) is 13.9 Å². The Labute approximate surface area is 166 Å². The van der Waals surface area contributed by atoms with E-state index in [1.165, 1.54) is 24.7 Å². The molecule has 0 fully saturated rings. The molecule has 10 nitrogen and oxygen atoms in total. The molecule has 0 aliphatic carbocycles. The Balaban J connectivity index is 2.30. The molecule has 0 saturated heterocycles. The molecule has 0 bridgehead atoms. The second-order valence-corrected chi connectivity index (χ2v) is 9.36. The number of nitrogen functional groups attached to an aromatic ring is 1. The number of rotatable bonds is 8. The lowest BCUT2D eigenvalue weighted by molar-refractivity contribution is -0.118. The molecular weight excluding hydrogens is 406 g/mol. The van der Waals surface area contributed by atoms with E-state index in [0.717, 1.165) is 27.0 Å². The molecule has 0 radical (unpaired) electrons. The number of anilines is 2. The minimum atomic E-state index is -3.82. The first-order valence-electron chi connectivity index (χ1n) is 8.50. The molecule has 1 amide bonds. The highest BCUT2D eigenvalue weighted by atomic mass is 32.2. The molecule has 2 rings (SSSR count). The van der Waals surface area contributed by atoms with Crippen molar-refractivity contribution in [3.05, 3.63) is 38.4 Å². The monoisotopic (exact) mass is 429 g/mol. The lowest BCUT2D eigenvalue weighted by Gasteiger charge is -2.23. The van der Waals surface area contributed by atoms with Crippen LogP contribution in [0.15, 0.2) is 31.3 Å². The number of sulfonamides is 1. The van der Waals surface area contributed by atoms with Gasteiger partial charge in [-0.2, -0.15) is 4.31 Å². The third kappa shape index (κ3) is 4.34. The Hall–Kier alpha value is -2.44. The number of aromatic amines is 1. The Morgan fingerprint density at radius 2 is 2.00 bits per heavy atom. The van der Waals surface area contributed by atoms with Crippen molar-refractivity contribution in [3.63, 3.8) is 0 Å². The van der Waals surface area contributed by atoms with Gasteiger partial charge in [0.2, 0.25) is 5.91 Å². The number of nitrogens with one attached hydrogen (secondary N) is 1. The van der Waals surface area contributed by atoms with E-state index < -0.39 is 33.7 Å². The fourth-order valence-electron chi connectivity index (χ4n) is 2.51. The van der Waals surface area contributed by atoms with E-state index in [4.69, 9.17) is 5.73 Å². The summed E-state index contributed by atoms with van der Waals surface area (Å²) in [5.41, 5.74) is 4.32. The first-order chi connectivity index (χ1) is 13.1. The van der Waals surface area contributed by atoms with E-state index >= 15 is 0 Å². The molecule has 2 aromatic heterocycles. The van der Waals surface area contributed by atoms with Crippen molar-refractivity contribution in [2.45, 2.75) is 30.5 Å². The number of hydrogen-bond donors (Lipinski definition) is 2. The molecule has 0 spiro atoms. The highest BCUT2D eigenvalue weighted by Gasteiger charge is 2.27. The Kier molecular flexibility index (Phi) is 6.80. The summed E-state index contributed by atoms with van der Waals surface area (Å²) in [4.78, 5) is 39.9. The predicted octanol–water partition coefficient (Wildman–Crippen LogP) is 0.264. The van der Waals surface area contributed by atoms with Crippen LogP contribution in [-0.4, -0.2) is 48.8 Å². The zero-order valence-corrected chi connectivity index (χ0v) is 17.5. The maximum Gasteiger partial charge on any atom is 0.330 e. The van der Waals surface area contributed by atoms with E-state index in [9.17, 15) is 22.8 Å². The summed E-state index contributed by atoms with van der Waals surface area (Å²) in [6.45, 7) is 1.73. The molecule has 2 heterocycles. The number of unbranched alkanes of at least 4 members (excludes halogenated alkanes) is 1. The summed E-state index contributed by atoms with van der Waals surface area (Å²) < 4.78 is 27.1. The van der Waals surface area contributed by atoms with Crippen LogP contribution in [0.4, 0.5) is 11.5 Å². The molecule has 0 unspecified atom stereocenters. The van der Waals surface area contributed by atoms with Gasteiger partial charge in [0, 0.05) is 20.6 Å². The number of carbonyl (C=O) groups is 1. The number of hydrogen-bond acceptors (Lipinski definition) is 7. The Morgan fingerprint density at radius 1 is 1.32 bits per heavy atom. The van der Waals surface area contributed by atoms with Crippen LogP contribution >= 0.6 is 11.3 Å². The predicted molar refractivity (Wildman–Crippen MR) is 108 cm³/mol. The number of amides is 1. The molecule has 2 aromatic rings. The van der Waals surface area contributed by atoms with Crippen LogP contribution in [-0.2, 0) is 21.4 Å². The van der Waals surface area contributed by atoms with Crippen molar-refractivity contribution in [3.8, 4) is 0 Å². The summed E-state index contributed by atoms with van der Waals surface area (Å²) in [7, 11) is -1.24. The summed E-state index contributed by atoms with van der Waals surface area (Å²) in [5, 5.41) is 1.62. The summed E-state index contributed by atoms with van der Waals surface area (Å²) >= 11 is 1.04. The van der Waals surface area contributed by atoms with Gasteiger partial charge in [-0.05, 0) is 17.9 Å².